The molecule has 5 nitrogen and oxygen atoms in total. The summed E-state index contributed by atoms with van der Waals surface area (Å²) in [5.74, 6) is -0.646. The molecule has 2 aliphatic heterocycles. The van der Waals surface area contributed by atoms with E-state index in [0.29, 0.717) is 37.2 Å². The van der Waals surface area contributed by atoms with Gasteiger partial charge in [0.25, 0.3) is 0 Å². The van der Waals surface area contributed by atoms with E-state index >= 15 is 0 Å². The molecule has 1 atom stereocenters. The van der Waals surface area contributed by atoms with Gasteiger partial charge < -0.3 is 4.90 Å². The van der Waals surface area contributed by atoms with E-state index in [-0.39, 0.29) is 29.6 Å². The second kappa shape index (κ2) is 5.77. The highest BCUT2D eigenvalue weighted by Gasteiger charge is 2.51. The van der Waals surface area contributed by atoms with Gasteiger partial charge >= 0.3 is 0 Å². The number of amides is 1. The summed E-state index contributed by atoms with van der Waals surface area (Å²) in [6, 6.07) is 4.94. The summed E-state index contributed by atoms with van der Waals surface area (Å²) < 4.78 is 39.5. The summed E-state index contributed by atoms with van der Waals surface area (Å²) in [5.41, 5.74) is 1.13. The van der Waals surface area contributed by atoms with E-state index in [1.165, 1.54) is 16.6 Å². The smallest absolute Gasteiger partial charge is 0.231 e. The van der Waals surface area contributed by atoms with Crippen molar-refractivity contribution in [2.45, 2.75) is 37.5 Å². The van der Waals surface area contributed by atoms with E-state index in [4.69, 9.17) is 0 Å². The first-order chi connectivity index (χ1) is 11.8. The zero-order valence-corrected chi connectivity index (χ0v) is 15.2. The molecule has 2 heterocycles. The lowest BCUT2D eigenvalue weighted by Crippen LogP contribution is -2.48. The summed E-state index contributed by atoms with van der Waals surface area (Å²) in [5, 5.41) is 0. The zero-order chi connectivity index (χ0) is 17.8. The number of fused-ring (bicyclic) bond motifs is 2. The topological polar surface area (TPSA) is 57.7 Å². The van der Waals surface area contributed by atoms with Crippen molar-refractivity contribution < 1.29 is 17.6 Å². The van der Waals surface area contributed by atoms with Gasteiger partial charge in [-0.25, -0.2) is 17.1 Å². The van der Waals surface area contributed by atoms with E-state index in [9.17, 15) is 17.6 Å². The molecule has 1 amide bonds. The molecular formula is C18H23FN2O3S. The largest absolute Gasteiger partial charge is 0.311 e. The molecule has 4 rings (SSSR count). The lowest BCUT2D eigenvalue weighted by atomic mass is 9.65. The van der Waals surface area contributed by atoms with E-state index in [1.54, 1.807) is 11.0 Å². The molecule has 1 aliphatic carbocycles. The van der Waals surface area contributed by atoms with Gasteiger partial charge in [0.1, 0.15) is 5.82 Å². The second-order valence-electron chi connectivity index (χ2n) is 7.65. The summed E-state index contributed by atoms with van der Waals surface area (Å²) in [7, 11) is -3.30. The van der Waals surface area contributed by atoms with Gasteiger partial charge in [-0.3, -0.25) is 4.79 Å². The third-order valence-corrected chi connectivity index (χ3v) is 7.32. The van der Waals surface area contributed by atoms with Crippen LogP contribution in [0.2, 0.25) is 0 Å². The van der Waals surface area contributed by atoms with Crippen LogP contribution in [0.1, 0.15) is 37.7 Å². The van der Waals surface area contributed by atoms with Crippen molar-refractivity contribution in [2.75, 3.05) is 30.8 Å². The SMILES string of the molecule is CS(=O)(=O)N1CCCC(C(=O)N2CC3(CCC3)c3c(F)cccc32)C1. The van der Waals surface area contributed by atoms with Crippen molar-refractivity contribution in [1.82, 2.24) is 4.31 Å². The van der Waals surface area contributed by atoms with Crippen LogP contribution in [0.3, 0.4) is 0 Å². The molecule has 25 heavy (non-hydrogen) atoms. The molecule has 1 saturated heterocycles. The number of piperidine rings is 1. The first-order valence-electron chi connectivity index (χ1n) is 8.87. The second-order valence-corrected chi connectivity index (χ2v) is 9.63. The highest BCUT2D eigenvalue weighted by atomic mass is 32.2. The van der Waals surface area contributed by atoms with Gasteiger partial charge in [-0.15, -0.1) is 0 Å². The van der Waals surface area contributed by atoms with Crippen LogP contribution >= 0.6 is 0 Å². The number of halogens is 1. The lowest BCUT2D eigenvalue weighted by Gasteiger charge is -2.39. The van der Waals surface area contributed by atoms with Gasteiger partial charge in [-0.1, -0.05) is 12.5 Å². The Labute approximate surface area is 147 Å². The van der Waals surface area contributed by atoms with Crippen LogP contribution in [-0.4, -0.2) is 44.5 Å². The monoisotopic (exact) mass is 366 g/mol. The molecule has 2 fully saturated rings. The van der Waals surface area contributed by atoms with Crippen LogP contribution < -0.4 is 4.90 Å². The van der Waals surface area contributed by atoms with Crippen molar-refractivity contribution in [2.24, 2.45) is 5.92 Å². The van der Waals surface area contributed by atoms with Crippen LogP contribution in [-0.2, 0) is 20.2 Å². The third kappa shape index (κ3) is 2.68. The normalized spacial score (nSPS) is 25.7. The Hall–Kier alpha value is -1.47. The molecule has 0 N–H and O–H groups in total. The van der Waals surface area contributed by atoms with Crippen molar-refractivity contribution in [3.63, 3.8) is 0 Å². The van der Waals surface area contributed by atoms with Crippen LogP contribution in [0, 0.1) is 11.7 Å². The highest BCUT2D eigenvalue weighted by molar-refractivity contribution is 7.88. The number of nitrogens with zero attached hydrogens (tertiary/aromatic N) is 2. The molecule has 3 aliphatic rings. The molecule has 1 unspecified atom stereocenters. The molecular weight excluding hydrogens is 343 g/mol. The van der Waals surface area contributed by atoms with Crippen molar-refractivity contribution >= 4 is 21.6 Å². The zero-order valence-electron chi connectivity index (χ0n) is 14.4. The van der Waals surface area contributed by atoms with Crippen LogP contribution in [0.15, 0.2) is 18.2 Å². The van der Waals surface area contributed by atoms with E-state index in [2.05, 4.69) is 0 Å². The molecule has 1 spiro atoms. The summed E-state index contributed by atoms with van der Waals surface area (Å²) in [6.45, 7) is 1.22. The van der Waals surface area contributed by atoms with Crippen LogP contribution in [0.5, 0.6) is 0 Å². The van der Waals surface area contributed by atoms with Crippen molar-refractivity contribution in [1.29, 1.82) is 0 Å². The number of benzene rings is 1. The predicted octanol–water partition coefficient (Wildman–Crippen LogP) is 2.27. The number of carbonyl (C=O) groups excluding carboxylic acids is 1. The van der Waals surface area contributed by atoms with E-state index in [1.807, 2.05) is 6.07 Å². The minimum atomic E-state index is -3.30. The molecule has 1 saturated carbocycles. The molecule has 136 valence electrons. The van der Waals surface area contributed by atoms with Gasteiger partial charge in [-0.2, -0.15) is 0 Å². The quantitative estimate of drug-likeness (QED) is 0.807. The predicted molar refractivity (Wildman–Crippen MR) is 93.4 cm³/mol. The number of rotatable bonds is 2. The minimum Gasteiger partial charge on any atom is -0.311 e. The fourth-order valence-corrected chi connectivity index (χ4v) is 5.51. The Balaban J connectivity index is 1.63. The molecule has 0 aromatic heterocycles. The lowest BCUT2D eigenvalue weighted by molar-refractivity contribution is -0.123. The molecule has 1 aromatic carbocycles. The summed E-state index contributed by atoms with van der Waals surface area (Å²) in [6.07, 6.45) is 5.41. The van der Waals surface area contributed by atoms with Crippen molar-refractivity contribution in [3.05, 3.63) is 29.6 Å². The summed E-state index contributed by atoms with van der Waals surface area (Å²) in [4.78, 5) is 14.9. The van der Waals surface area contributed by atoms with Gasteiger partial charge in [0.2, 0.25) is 15.9 Å². The maximum Gasteiger partial charge on any atom is 0.231 e. The first-order valence-corrected chi connectivity index (χ1v) is 10.7. The standard InChI is InChI=1S/C18H23FN2O3S/c1-25(23,24)20-10-3-5-13(11-20)17(22)21-12-18(8-4-9-18)16-14(19)6-2-7-15(16)21/h2,6-7,13H,3-5,8-12H2,1H3. The van der Waals surface area contributed by atoms with Gasteiger partial charge in [0.15, 0.2) is 0 Å². The molecule has 7 heteroatoms. The fraction of sp³-hybridized carbons (Fsp3) is 0.611. The Morgan fingerprint density at radius 2 is 2.04 bits per heavy atom. The Morgan fingerprint density at radius 3 is 2.68 bits per heavy atom. The number of anilines is 1. The number of hydrogen-bond donors (Lipinski definition) is 0. The number of hydrogen-bond acceptors (Lipinski definition) is 3. The summed E-state index contributed by atoms with van der Waals surface area (Å²) >= 11 is 0. The molecule has 0 bridgehead atoms. The molecule has 0 radical (unpaired) electrons. The fourth-order valence-electron chi connectivity index (χ4n) is 4.60. The van der Waals surface area contributed by atoms with Crippen LogP contribution in [0.25, 0.3) is 0 Å². The maximum absolute atomic E-state index is 14.5. The molecule has 1 aromatic rings. The Morgan fingerprint density at radius 1 is 1.28 bits per heavy atom. The Bertz CT molecular complexity index is 820. The average molecular weight is 366 g/mol. The number of sulfonamides is 1. The van der Waals surface area contributed by atoms with Gasteiger partial charge in [0, 0.05) is 30.6 Å². The van der Waals surface area contributed by atoms with Gasteiger partial charge in [-0.05, 0) is 37.8 Å². The first kappa shape index (κ1) is 17.0. The number of carbonyl (C=O) groups is 1. The average Bonchev–Trinajstić information content (AvgIpc) is 2.91. The highest BCUT2D eigenvalue weighted by Crippen LogP contribution is 2.53. The van der Waals surface area contributed by atoms with Crippen LogP contribution in [0.4, 0.5) is 10.1 Å². The van der Waals surface area contributed by atoms with Gasteiger partial charge in [0.05, 0.1) is 17.9 Å². The van der Waals surface area contributed by atoms with Crippen molar-refractivity contribution in [3.8, 4) is 0 Å². The minimum absolute atomic E-state index is 0.0658. The van der Waals surface area contributed by atoms with E-state index in [0.717, 1.165) is 19.3 Å². The Kier molecular flexibility index (Phi) is 3.92. The third-order valence-electron chi connectivity index (χ3n) is 6.05. The van der Waals surface area contributed by atoms with E-state index < -0.39 is 10.0 Å². The maximum atomic E-state index is 14.5.